The maximum Gasteiger partial charge on any atom is 0.335 e. The molecule has 0 aliphatic carbocycles. The normalized spacial score (nSPS) is 10.9. The summed E-state index contributed by atoms with van der Waals surface area (Å²) in [6, 6.07) is 5.31. The first-order valence-electron chi connectivity index (χ1n) is 5.39. The highest BCUT2D eigenvalue weighted by molar-refractivity contribution is 5.95. The molecule has 3 nitrogen and oxygen atoms in total. The van der Waals surface area contributed by atoms with Crippen molar-refractivity contribution in [3.63, 3.8) is 0 Å². The van der Waals surface area contributed by atoms with Crippen LogP contribution in [-0.2, 0) is 6.54 Å². The molecular weight excluding hydrogens is 202 g/mol. The van der Waals surface area contributed by atoms with Crippen LogP contribution in [0.15, 0.2) is 18.2 Å². The number of nitrogens with zero attached hydrogens (tertiary/aromatic N) is 1. The van der Waals surface area contributed by atoms with Crippen molar-refractivity contribution in [3.05, 3.63) is 35.0 Å². The molecule has 0 spiro atoms. The van der Waals surface area contributed by atoms with Crippen LogP contribution in [0.25, 0.3) is 10.9 Å². The molecule has 16 heavy (non-hydrogen) atoms. The predicted molar refractivity (Wildman–Crippen MR) is 64.0 cm³/mol. The lowest BCUT2D eigenvalue weighted by atomic mass is 10.1. The number of aromatic nitrogens is 1. The van der Waals surface area contributed by atoms with Crippen LogP contribution in [0.2, 0.25) is 0 Å². The van der Waals surface area contributed by atoms with Crippen molar-refractivity contribution in [1.29, 1.82) is 0 Å². The van der Waals surface area contributed by atoms with Crippen LogP contribution < -0.4 is 0 Å². The van der Waals surface area contributed by atoms with E-state index < -0.39 is 5.97 Å². The van der Waals surface area contributed by atoms with E-state index in [1.54, 1.807) is 12.1 Å². The number of fused-ring (bicyclic) bond motifs is 1. The Bertz CT molecular complexity index is 567. The molecule has 0 radical (unpaired) electrons. The number of hydrogen-bond acceptors (Lipinski definition) is 1. The van der Waals surface area contributed by atoms with Gasteiger partial charge in [0.15, 0.2) is 0 Å². The van der Waals surface area contributed by atoms with Crippen molar-refractivity contribution < 1.29 is 9.90 Å². The summed E-state index contributed by atoms with van der Waals surface area (Å²) in [4.78, 5) is 10.9. The fourth-order valence-electron chi connectivity index (χ4n) is 2.19. The lowest BCUT2D eigenvalue weighted by Crippen LogP contribution is -1.97. The number of aromatic carboxylic acids is 1. The zero-order chi connectivity index (χ0) is 11.9. The van der Waals surface area contributed by atoms with Crippen molar-refractivity contribution >= 4 is 16.9 Å². The van der Waals surface area contributed by atoms with Crippen molar-refractivity contribution in [1.82, 2.24) is 4.57 Å². The van der Waals surface area contributed by atoms with Crippen molar-refractivity contribution in [2.75, 3.05) is 0 Å². The molecule has 0 fully saturated rings. The smallest absolute Gasteiger partial charge is 0.335 e. The average Bonchev–Trinajstić information content (AvgIpc) is 2.51. The van der Waals surface area contributed by atoms with Gasteiger partial charge in [0, 0.05) is 23.1 Å². The molecule has 1 aromatic heterocycles. The molecule has 0 aliphatic rings. The van der Waals surface area contributed by atoms with E-state index in [4.69, 9.17) is 5.11 Å². The Balaban J connectivity index is 2.80. The van der Waals surface area contributed by atoms with Crippen LogP contribution in [0.3, 0.4) is 0 Å². The summed E-state index contributed by atoms with van der Waals surface area (Å²) in [6.45, 7) is 7.11. The van der Waals surface area contributed by atoms with Gasteiger partial charge in [-0.1, -0.05) is 0 Å². The third-order valence-electron chi connectivity index (χ3n) is 3.20. The van der Waals surface area contributed by atoms with Crippen molar-refractivity contribution in [2.45, 2.75) is 27.3 Å². The van der Waals surface area contributed by atoms with E-state index in [0.717, 1.165) is 17.4 Å². The Kier molecular flexibility index (Phi) is 2.46. The summed E-state index contributed by atoms with van der Waals surface area (Å²) in [5.74, 6) is -0.872. The summed E-state index contributed by atoms with van der Waals surface area (Å²) in [5.41, 5.74) is 3.84. The molecule has 0 saturated carbocycles. The number of carboxylic acids is 1. The topological polar surface area (TPSA) is 42.2 Å². The number of hydrogen-bond donors (Lipinski definition) is 1. The van der Waals surface area contributed by atoms with E-state index in [9.17, 15) is 4.79 Å². The average molecular weight is 217 g/mol. The Labute approximate surface area is 94.3 Å². The molecule has 2 rings (SSSR count). The molecule has 1 heterocycles. The van der Waals surface area contributed by atoms with Gasteiger partial charge in [-0.05, 0) is 44.5 Å². The van der Waals surface area contributed by atoms with Gasteiger partial charge >= 0.3 is 5.97 Å². The zero-order valence-electron chi connectivity index (χ0n) is 9.74. The fraction of sp³-hybridized carbons (Fsp3) is 0.308. The molecule has 0 saturated heterocycles. The maximum absolute atomic E-state index is 10.9. The van der Waals surface area contributed by atoms with Gasteiger partial charge in [0.2, 0.25) is 0 Å². The Morgan fingerprint density at radius 3 is 2.62 bits per heavy atom. The first kappa shape index (κ1) is 10.7. The van der Waals surface area contributed by atoms with E-state index in [0.29, 0.717) is 5.56 Å². The second-order valence-corrected chi connectivity index (χ2v) is 3.99. The minimum absolute atomic E-state index is 0.351. The highest BCUT2D eigenvalue weighted by Gasteiger charge is 2.11. The monoisotopic (exact) mass is 217 g/mol. The van der Waals surface area contributed by atoms with Crippen molar-refractivity contribution in [3.8, 4) is 0 Å². The van der Waals surface area contributed by atoms with Gasteiger partial charge in [0.25, 0.3) is 0 Å². The molecule has 0 atom stereocenters. The molecular formula is C13H15NO2. The summed E-state index contributed by atoms with van der Waals surface area (Å²) in [6.07, 6.45) is 0. The number of benzene rings is 1. The summed E-state index contributed by atoms with van der Waals surface area (Å²) in [5, 5.41) is 10.0. The predicted octanol–water partition coefficient (Wildman–Crippen LogP) is 2.98. The number of carbonyl (C=O) groups is 1. The highest BCUT2D eigenvalue weighted by atomic mass is 16.4. The van der Waals surface area contributed by atoms with E-state index in [1.165, 1.54) is 11.3 Å². The lowest BCUT2D eigenvalue weighted by molar-refractivity contribution is 0.0697. The molecule has 84 valence electrons. The van der Waals surface area contributed by atoms with Crippen LogP contribution in [0.4, 0.5) is 0 Å². The highest BCUT2D eigenvalue weighted by Crippen LogP contribution is 2.26. The summed E-state index contributed by atoms with van der Waals surface area (Å²) >= 11 is 0. The van der Waals surface area contributed by atoms with Gasteiger partial charge < -0.3 is 9.67 Å². The number of aryl methyl sites for hydroxylation is 2. The molecule has 1 N–H and O–H groups in total. The Morgan fingerprint density at radius 1 is 1.38 bits per heavy atom. The molecule has 0 amide bonds. The van der Waals surface area contributed by atoms with Crippen molar-refractivity contribution in [2.24, 2.45) is 0 Å². The molecule has 0 bridgehead atoms. The first-order chi connectivity index (χ1) is 7.56. The maximum atomic E-state index is 10.9. The van der Waals surface area contributed by atoms with Crippen LogP contribution in [-0.4, -0.2) is 15.6 Å². The zero-order valence-corrected chi connectivity index (χ0v) is 9.74. The van der Waals surface area contributed by atoms with Gasteiger partial charge in [0.05, 0.1) is 5.56 Å². The molecule has 1 aromatic carbocycles. The van der Waals surface area contributed by atoms with Crippen LogP contribution >= 0.6 is 0 Å². The van der Waals surface area contributed by atoms with Gasteiger partial charge in [-0.25, -0.2) is 4.79 Å². The Morgan fingerprint density at radius 2 is 2.06 bits per heavy atom. The molecule has 3 heteroatoms. The van der Waals surface area contributed by atoms with Gasteiger partial charge in [-0.3, -0.25) is 0 Å². The fourth-order valence-corrected chi connectivity index (χ4v) is 2.19. The van der Waals surface area contributed by atoms with E-state index >= 15 is 0 Å². The summed E-state index contributed by atoms with van der Waals surface area (Å²) in [7, 11) is 0. The van der Waals surface area contributed by atoms with E-state index in [-0.39, 0.29) is 0 Å². The lowest BCUT2D eigenvalue weighted by Gasteiger charge is -2.03. The van der Waals surface area contributed by atoms with Gasteiger partial charge in [-0.15, -0.1) is 0 Å². The minimum Gasteiger partial charge on any atom is -0.478 e. The van der Waals surface area contributed by atoms with Gasteiger partial charge in [-0.2, -0.15) is 0 Å². The molecule has 0 unspecified atom stereocenters. The third kappa shape index (κ3) is 1.40. The largest absolute Gasteiger partial charge is 0.478 e. The van der Waals surface area contributed by atoms with E-state index in [1.807, 2.05) is 13.0 Å². The van der Waals surface area contributed by atoms with Crippen LogP contribution in [0.5, 0.6) is 0 Å². The van der Waals surface area contributed by atoms with Gasteiger partial charge in [0.1, 0.15) is 0 Å². The second-order valence-electron chi connectivity index (χ2n) is 3.99. The van der Waals surface area contributed by atoms with Crippen LogP contribution in [0.1, 0.15) is 28.5 Å². The third-order valence-corrected chi connectivity index (χ3v) is 3.20. The SMILES string of the molecule is CCn1c(C)c(C)c2cc(C(=O)O)ccc21. The first-order valence-corrected chi connectivity index (χ1v) is 5.39. The quantitative estimate of drug-likeness (QED) is 0.840. The summed E-state index contributed by atoms with van der Waals surface area (Å²) < 4.78 is 2.20. The van der Waals surface area contributed by atoms with E-state index in [2.05, 4.69) is 18.4 Å². The van der Waals surface area contributed by atoms with Crippen LogP contribution in [0, 0.1) is 13.8 Å². The minimum atomic E-state index is -0.872. The standard InChI is InChI=1S/C13H15NO2/c1-4-14-9(3)8(2)11-7-10(13(15)16)5-6-12(11)14/h5-7H,4H2,1-3H3,(H,15,16). The molecule has 2 aromatic rings. The number of carboxylic acid groups (broad SMARTS) is 1. The Hall–Kier alpha value is -1.77. The number of rotatable bonds is 2. The molecule has 0 aliphatic heterocycles. The second kappa shape index (κ2) is 3.67.